The number of hydrogen-bond donors (Lipinski definition) is 2. The van der Waals surface area contributed by atoms with Crippen LogP contribution in [-0.2, 0) is 0 Å². The van der Waals surface area contributed by atoms with Crippen LogP contribution in [-0.4, -0.2) is 40.2 Å². The third-order valence-corrected chi connectivity index (χ3v) is 5.74. The summed E-state index contributed by atoms with van der Waals surface area (Å²) in [6, 6.07) is 12.7. The zero-order valence-corrected chi connectivity index (χ0v) is 15.8. The van der Waals surface area contributed by atoms with E-state index in [1.807, 2.05) is 18.2 Å². The van der Waals surface area contributed by atoms with Crippen molar-refractivity contribution in [2.75, 3.05) is 18.4 Å². The monoisotopic (exact) mass is 375 g/mol. The Bertz CT molecular complexity index is 950. The van der Waals surface area contributed by atoms with Crippen LogP contribution in [0.25, 0.3) is 10.9 Å². The number of ether oxygens (including phenoxy) is 1. The molecular formula is C22H25N5O. The zero-order valence-electron chi connectivity index (χ0n) is 15.8. The molecule has 0 radical (unpaired) electrons. The summed E-state index contributed by atoms with van der Waals surface area (Å²) in [5.74, 6) is 2.10. The first-order chi connectivity index (χ1) is 13.8. The molecular weight excluding hydrogens is 350 g/mol. The summed E-state index contributed by atoms with van der Waals surface area (Å²) in [6.45, 7) is 2.07. The van der Waals surface area contributed by atoms with Crippen molar-refractivity contribution in [2.45, 2.75) is 43.7 Å². The van der Waals surface area contributed by atoms with Crippen molar-refractivity contribution in [1.82, 2.24) is 20.3 Å². The van der Waals surface area contributed by atoms with Gasteiger partial charge in [0.2, 0.25) is 5.88 Å². The van der Waals surface area contributed by atoms with Gasteiger partial charge in [-0.1, -0.05) is 18.2 Å². The van der Waals surface area contributed by atoms with Gasteiger partial charge in [0.1, 0.15) is 17.6 Å². The second kappa shape index (κ2) is 7.72. The molecule has 2 fully saturated rings. The van der Waals surface area contributed by atoms with Gasteiger partial charge in [0.05, 0.1) is 5.52 Å². The molecule has 1 aromatic carbocycles. The average molecular weight is 375 g/mol. The van der Waals surface area contributed by atoms with Gasteiger partial charge in [0.15, 0.2) is 0 Å². The summed E-state index contributed by atoms with van der Waals surface area (Å²) in [5, 5.41) is 8.10. The van der Waals surface area contributed by atoms with Gasteiger partial charge in [-0.3, -0.25) is 4.98 Å². The predicted octanol–water partition coefficient (Wildman–Crippen LogP) is 3.51. The van der Waals surface area contributed by atoms with Crippen molar-refractivity contribution < 1.29 is 4.74 Å². The number of fused-ring (bicyclic) bond motifs is 1. The number of rotatable bonds is 5. The van der Waals surface area contributed by atoms with Crippen LogP contribution in [0.5, 0.6) is 5.88 Å². The van der Waals surface area contributed by atoms with Crippen molar-refractivity contribution in [3.05, 3.63) is 54.5 Å². The summed E-state index contributed by atoms with van der Waals surface area (Å²) < 4.78 is 6.22. The zero-order chi connectivity index (χ0) is 18.8. The quantitative estimate of drug-likeness (QED) is 0.711. The number of pyridine rings is 1. The molecule has 2 aliphatic rings. The van der Waals surface area contributed by atoms with Gasteiger partial charge < -0.3 is 15.4 Å². The first kappa shape index (κ1) is 17.4. The van der Waals surface area contributed by atoms with Crippen LogP contribution < -0.4 is 15.4 Å². The van der Waals surface area contributed by atoms with Gasteiger partial charge in [-0.25, -0.2) is 9.97 Å². The summed E-state index contributed by atoms with van der Waals surface area (Å²) >= 11 is 0. The van der Waals surface area contributed by atoms with Gasteiger partial charge in [0.25, 0.3) is 0 Å². The Kier molecular flexibility index (Phi) is 4.79. The third kappa shape index (κ3) is 3.64. The number of benzene rings is 1. The lowest BCUT2D eigenvalue weighted by atomic mass is 9.89. The fraction of sp³-hybridized carbons (Fsp3) is 0.409. The predicted molar refractivity (Wildman–Crippen MR) is 110 cm³/mol. The van der Waals surface area contributed by atoms with Crippen molar-refractivity contribution in [2.24, 2.45) is 0 Å². The van der Waals surface area contributed by atoms with Crippen LogP contribution in [0, 0.1) is 0 Å². The van der Waals surface area contributed by atoms with Crippen LogP contribution in [0.3, 0.4) is 0 Å². The number of nitrogens with one attached hydrogen (secondary N) is 2. The van der Waals surface area contributed by atoms with Crippen LogP contribution in [0.15, 0.2) is 48.8 Å². The molecule has 2 N–H and O–H groups in total. The summed E-state index contributed by atoms with van der Waals surface area (Å²) in [4.78, 5) is 13.8. The minimum atomic E-state index is 0.190. The van der Waals surface area contributed by atoms with Gasteiger partial charge in [-0.05, 0) is 44.1 Å². The number of aromatic nitrogens is 3. The van der Waals surface area contributed by atoms with E-state index in [4.69, 9.17) is 9.72 Å². The molecule has 1 saturated heterocycles. The van der Waals surface area contributed by atoms with E-state index in [0.29, 0.717) is 12.0 Å². The van der Waals surface area contributed by atoms with Crippen LogP contribution in [0.2, 0.25) is 0 Å². The standard InChI is InChI=1S/C22H25N5O/c1-2-4-19-15(3-1)5-6-20(27-19)26-17-13-18(14-17)28-22-21(24-11-12-25-22)16-7-9-23-10-8-16/h1-6,11-12,16-18,23H,7-10,13-14H2,(H,26,27). The first-order valence-corrected chi connectivity index (χ1v) is 10.2. The molecule has 5 rings (SSSR count). The number of nitrogens with zero attached hydrogens (tertiary/aromatic N) is 3. The third-order valence-electron chi connectivity index (χ3n) is 5.74. The molecule has 0 amide bonds. The highest BCUT2D eigenvalue weighted by atomic mass is 16.5. The molecule has 0 atom stereocenters. The molecule has 0 unspecified atom stereocenters. The largest absolute Gasteiger partial charge is 0.473 e. The topological polar surface area (TPSA) is 72.0 Å². The van der Waals surface area contributed by atoms with Gasteiger partial charge in [-0.2, -0.15) is 0 Å². The Hall–Kier alpha value is -2.73. The Morgan fingerprint density at radius 3 is 2.68 bits per heavy atom. The number of para-hydroxylation sites is 1. The molecule has 3 aromatic rings. The van der Waals surface area contributed by atoms with Gasteiger partial charge in [0, 0.05) is 42.6 Å². The van der Waals surface area contributed by atoms with Crippen molar-refractivity contribution in [3.63, 3.8) is 0 Å². The lowest BCUT2D eigenvalue weighted by Gasteiger charge is -2.36. The van der Waals surface area contributed by atoms with Crippen LogP contribution in [0.4, 0.5) is 5.82 Å². The molecule has 0 bridgehead atoms. The van der Waals surface area contributed by atoms with E-state index in [9.17, 15) is 0 Å². The first-order valence-electron chi connectivity index (χ1n) is 10.2. The van der Waals surface area contributed by atoms with Crippen LogP contribution >= 0.6 is 0 Å². The van der Waals surface area contributed by atoms with E-state index in [2.05, 4.69) is 38.8 Å². The van der Waals surface area contributed by atoms with Crippen LogP contribution in [0.1, 0.15) is 37.3 Å². The summed E-state index contributed by atoms with van der Waals surface area (Å²) in [7, 11) is 0. The molecule has 3 heterocycles. The SMILES string of the molecule is c1ccc2nc(NC3CC(Oc4nccnc4C4CCNCC4)C3)ccc2c1. The maximum Gasteiger partial charge on any atom is 0.236 e. The van der Waals surface area contributed by atoms with E-state index in [1.165, 1.54) is 0 Å². The molecule has 2 aromatic heterocycles. The number of hydrogen-bond acceptors (Lipinski definition) is 6. The van der Waals surface area contributed by atoms with Crippen molar-refractivity contribution in [3.8, 4) is 5.88 Å². The molecule has 144 valence electrons. The Morgan fingerprint density at radius 1 is 0.964 bits per heavy atom. The average Bonchev–Trinajstić information content (AvgIpc) is 2.73. The lowest BCUT2D eigenvalue weighted by Crippen LogP contribution is -2.43. The maximum atomic E-state index is 6.22. The van der Waals surface area contributed by atoms with Crippen molar-refractivity contribution >= 4 is 16.7 Å². The van der Waals surface area contributed by atoms with E-state index in [0.717, 1.165) is 67.1 Å². The fourth-order valence-electron chi connectivity index (χ4n) is 4.10. The van der Waals surface area contributed by atoms with Crippen molar-refractivity contribution in [1.29, 1.82) is 0 Å². The molecule has 1 aliphatic carbocycles. The second-order valence-electron chi connectivity index (χ2n) is 7.71. The Morgan fingerprint density at radius 2 is 1.79 bits per heavy atom. The molecule has 1 aliphatic heterocycles. The molecule has 1 saturated carbocycles. The highest BCUT2D eigenvalue weighted by Crippen LogP contribution is 2.33. The highest BCUT2D eigenvalue weighted by molar-refractivity contribution is 5.80. The minimum Gasteiger partial charge on any atom is -0.473 e. The van der Waals surface area contributed by atoms with Gasteiger partial charge >= 0.3 is 0 Å². The van der Waals surface area contributed by atoms with E-state index in [1.54, 1.807) is 12.4 Å². The second-order valence-corrected chi connectivity index (χ2v) is 7.71. The summed E-state index contributed by atoms with van der Waals surface area (Å²) in [5.41, 5.74) is 2.04. The Balaban J connectivity index is 1.19. The summed E-state index contributed by atoms with van der Waals surface area (Å²) in [6.07, 6.45) is 7.80. The molecule has 0 spiro atoms. The fourth-order valence-corrected chi connectivity index (χ4v) is 4.10. The normalized spacial score (nSPS) is 22.6. The molecule has 28 heavy (non-hydrogen) atoms. The van der Waals surface area contributed by atoms with E-state index in [-0.39, 0.29) is 6.10 Å². The van der Waals surface area contributed by atoms with E-state index < -0.39 is 0 Å². The lowest BCUT2D eigenvalue weighted by molar-refractivity contribution is 0.0997. The number of piperidine rings is 1. The maximum absolute atomic E-state index is 6.22. The Labute approximate surface area is 164 Å². The van der Waals surface area contributed by atoms with Gasteiger partial charge in [-0.15, -0.1) is 0 Å². The minimum absolute atomic E-state index is 0.190. The van der Waals surface area contributed by atoms with E-state index >= 15 is 0 Å². The molecule has 6 nitrogen and oxygen atoms in total. The highest BCUT2D eigenvalue weighted by Gasteiger charge is 2.33. The number of anilines is 1. The molecule has 6 heteroatoms. The smallest absolute Gasteiger partial charge is 0.236 e.